The first-order valence-electron chi connectivity index (χ1n) is 9.60. The minimum absolute atomic E-state index is 0.209. The van der Waals surface area contributed by atoms with E-state index in [9.17, 15) is 4.79 Å². The van der Waals surface area contributed by atoms with Crippen molar-refractivity contribution in [3.63, 3.8) is 0 Å². The molecule has 152 valence electrons. The average Bonchev–Trinajstić information content (AvgIpc) is 3.10. The monoisotopic (exact) mass is 401 g/mol. The van der Waals surface area contributed by atoms with Gasteiger partial charge in [-0.2, -0.15) is 0 Å². The molecule has 0 saturated carbocycles. The van der Waals surface area contributed by atoms with Crippen molar-refractivity contribution in [3.05, 3.63) is 77.6 Å². The number of aromatic nitrogens is 2. The van der Waals surface area contributed by atoms with Gasteiger partial charge in [0.05, 0.1) is 25.3 Å². The predicted molar refractivity (Wildman–Crippen MR) is 118 cm³/mol. The molecule has 0 spiro atoms. The van der Waals surface area contributed by atoms with Crippen LogP contribution in [-0.2, 0) is 0 Å². The number of imidazole rings is 1. The van der Waals surface area contributed by atoms with Crippen LogP contribution in [0.1, 0.15) is 21.7 Å². The van der Waals surface area contributed by atoms with E-state index in [0.29, 0.717) is 22.7 Å². The van der Waals surface area contributed by atoms with Crippen LogP contribution in [0, 0.1) is 13.8 Å². The SMILES string of the molecule is COc1cc(C)c(NC(=O)c2ccc3c(c2)nc(C)n3-c2ccccc2)cc1OC. The summed E-state index contributed by atoms with van der Waals surface area (Å²) in [6, 6.07) is 19.2. The zero-order valence-electron chi connectivity index (χ0n) is 17.4. The molecule has 0 radical (unpaired) electrons. The maximum absolute atomic E-state index is 12.9. The number of para-hydroxylation sites is 1. The molecule has 1 amide bonds. The van der Waals surface area contributed by atoms with E-state index in [1.165, 1.54) is 0 Å². The molecule has 30 heavy (non-hydrogen) atoms. The summed E-state index contributed by atoms with van der Waals surface area (Å²) >= 11 is 0. The van der Waals surface area contributed by atoms with Crippen molar-refractivity contribution in [2.24, 2.45) is 0 Å². The molecule has 3 aromatic carbocycles. The molecule has 0 fully saturated rings. The van der Waals surface area contributed by atoms with Crippen LogP contribution in [0.15, 0.2) is 60.7 Å². The lowest BCUT2D eigenvalue weighted by Gasteiger charge is -2.13. The Hall–Kier alpha value is -3.80. The highest BCUT2D eigenvalue weighted by atomic mass is 16.5. The van der Waals surface area contributed by atoms with Crippen molar-refractivity contribution >= 4 is 22.6 Å². The number of hydrogen-bond acceptors (Lipinski definition) is 4. The fraction of sp³-hybridized carbons (Fsp3) is 0.167. The summed E-state index contributed by atoms with van der Waals surface area (Å²) in [5.74, 6) is 1.84. The molecule has 0 aliphatic rings. The normalized spacial score (nSPS) is 10.8. The Morgan fingerprint density at radius 1 is 0.933 bits per heavy atom. The molecule has 0 aliphatic heterocycles. The number of aryl methyl sites for hydroxylation is 2. The Balaban J connectivity index is 1.67. The molecular weight excluding hydrogens is 378 g/mol. The highest BCUT2D eigenvalue weighted by molar-refractivity contribution is 6.06. The number of nitrogens with zero attached hydrogens (tertiary/aromatic N) is 2. The summed E-state index contributed by atoms with van der Waals surface area (Å²) in [5.41, 5.74) is 4.85. The van der Waals surface area contributed by atoms with E-state index in [1.807, 2.05) is 68.4 Å². The third-order valence-corrected chi connectivity index (χ3v) is 5.08. The zero-order chi connectivity index (χ0) is 21.3. The molecular formula is C24H23N3O3. The second-order valence-electron chi connectivity index (χ2n) is 7.01. The van der Waals surface area contributed by atoms with Gasteiger partial charge in [0.1, 0.15) is 5.82 Å². The van der Waals surface area contributed by atoms with Gasteiger partial charge in [-0.1, -0.05) is 18.2 Å². The minimum atomic E-state index is -0.209. The molecule has 6 nitrogen and oxygen atoms in total. The van der Waals surface area contributed by atoms with Gasteiger partial charge in [-0.05, 0) is 55.8 Å². The van der Waals surface area contributed by atoms with Gasteiger partial charge in [0, 0.05) is 23.0 Å². The predicted octanol–water partition coefficient (Wildman–Crippen LogP) is 4.91. The lowest BCUT2D eigenvalue weighted by molar-refractivity contribution is 0.102. The van der Waals surface area contributed by atoms with Crippen LogP contribution in [0.2, 0.25) is 0 Å². The van der Waals surface area contributed by atoms with Gasteiger partial charge in [-0.25, -0.2) is 4.98 Å². The van der Waals surface area contributed by atoms with Gasteiger partial charge in [0.25, 0.3) is 5.91 Å². The van der Waals surface area contributed by atoms with Gasteiger partial charge in [0.2, 0.25) is 0 Å². The number of amides is 1. The van der Waals surface area contributed by atoms with Crippen LogP contribution in [0.4, 0.5) is 5.69 Å². The van der Waals surface area contributed by atoms with Crippen molar-refractivity contribution in [3.8, 4) is 17.2 Å². The lowest BCUT2D eigenvalue weighted by atomic mass is 10.1. The fourth-order valence-electron chi connectivity index (χ4n) is 3.55. The number of carbonyl (C=O) groups is 1. The van der Waals surface area contributed by atoms with Crippen molar-refractivity contribution < 1.29 is 14.3 Å². The molecule has 1 N–H and O–H groups in total. The smallest absolute Gasteiger partial charge is 0.255 e. The van der Waals surface area contributed by atoms with Crippen LogP contribution in [0.3, 0.4) is 0 Å². The first-order chi connectivity index (χ1) is 14.5. The van der Waals surface area contributed by atoms with Crippen LogP contribution < -0.4 is 14.8 Å². The maximum atomic E-state index is 12.9. The van der Waals surface area contributed by atoms with Gasteiger partial charge >= 0.3 is 0 Å². The first-order valence-corrected chi connectivity index (χ1v) is 9.60. The summed E-state index contributed by atoms with van der Waals surface area (Å²) in [4.78, 5) is 17.6. The van der Waals surface area contributed by atoms with E-state index >= 15 is 0 Å². The number of ether oxygens (including phenoxy) is 2. The van der Waals surface area contributed by atoms with E-state index in [-0.39, 0.29) is 5.91 Å². The third kappa shape index (κ3) is 3.48. The minimum Gasteiger partial charge on any atom is -0.493 e. The summed E-state index contributed by atoms with van der Waals surface area (Å²) in [5, 5.41) is 2.96. The molecule has 4 aromatic rings. The fourth-order valence-corrected chi connectivity index (χ4v) is 3.55. The number of nitrogens with one attached hydrogen (secondary N) is 1. The van der Waals surface area contributed by atoms with E-state index < -0.39 is 0 Å². The van der Waals surface area contributed by atoms with E-state index in [0.717, 1.165) is 28.1 Å². The Bertz CT molecular complexity index is 1230. The molecule has 6 heteroatoms. The second kappa shape index (κ2) is 7.91. The number of fused-ring (bicyclic) bond motifs is 1. The molecule has 1 aromatic heterocycles. The molecule has 0 saturated heterocycles. The van der Waals surface area contributed by atoms with Gasteiger partial charge in [-0.15, -0.1) is 0 Å². The van der Waals surface area contributed by atoms with E-state index in [4.69, 9.17) is 9.47 Å². The second-order valence-corrected chi connectivity index (χ2v) is 7.01. The highest BCUT2D eigenvalue weighted by Gasteiger charge is 2.15. The van der Waals surface area contributed by atoms with Crippen molar-refractivity contribution in [2.45, 2.75) is 13.8 Å². The standard InChI is InChI=1S/C24H23N3O3/c1-15-12-22(29-3)23(30-4)14-19(15)26-24(28)17-10-11-21-20(13-17)25-16(2)27(21)18-8-6-5-7-9-18/h5-14H,1-4H3,(H,26,28). The number of rotatable bonds is 5. The lowest BCUT2D eigenvalue weighted by Crippen LogP contribution is -2.13. The zero-order valence-corrected chi connectivity index (χ0v) is 17.4. The summed E-state index contributed by atoms with van der Waals surface area (Å²) in [7, 11) is 3.15. The molecule has 0 atom stereocenters. The topological polar surface area (TPSA) is 65.4 Å². The molecule has 0 aliphatic carbocycles. The average molecular weight is 401 g/mol. The van der Waals surface area contributed by atoms with Crippen LogP contribution >= 0.6 is 0 Å². The highest BCUT2D eigenvalue weighted by Crippen LogP contribution is 2.33. The molecule has 0 bridgehead atoms. The maximum Gasteiger partial charge on any atom is 0.255 e. The van der Waals surface area contributed by atoms with Crippen molar-refractivity contribution in [1.29, 1.82) is 0 Å². The van der Waals surface area contributed by atoms with Gasteiger partial charge < -0.3 is 14.8 Å². The number of anilines is 1. The van der Waals surface area contributed by atoms with E-state index in [2.05, 4.69) is 14.9 Å². The quantitative estimate of drug-likeness (QED) is 0.516. The number of methoxy groups -OCH3 is 2. The third-order valence-electron chi connectivity index (χ3n) is 5.08. The van der Waals surface area contributed by atoms with Gasteiger partial charge in [0.15, 0.2) is 11.5 Å². The Labute approximate surface area is 175 Å². The Kier molecular flexibility index (Phi) is 5.14. The summed E-state index contributed by atoms with van der Waals surface area (Å²) < 4.78 is 12.7. The van der Waals surface area contributed by atoms with Crippen LogP contribution in [0.5, 0.6) is 11.5 Å². The Morgan fingerprint density at radius 2 is 1.63 bits per heavy atom. The molecule has 1 heterocycles. The van der Waals surface area contributed by atoms with Gasteiger partial charge in [-0.3, -0.25) is 9.36 Å². The van der Waals surface area contributed by atoms with Crippen molar-refractivity contribution in [2.75, 3.05) is 19.5 Å². The number of carbonyl (C=O) groups excluding carboxylic acids is 1. The van der Waals surface area contributed by atoms with Crippen LogP contribution in [-0.4, -0.2) is 29.7 Å². The summed E-state index contributed by atoms with van der Waals surface area (Å²) in [6.45, 7) is 3.87. The molecule has 4 rings (SSSR count). The van der Waals surface area contributed by atoms with E-state index in [1.54, 1.807) is 20.3 Å². The largest absolute Gasteiger partial charge is 0.493 e. The number of hydrogen-bond donors (Lipinski definition) is 1. The van der Waals surface area contributed by atoms with Crippen LogP contribution in [0.25, 0.3) is 16.7 Å². The summed E-state index contributed by atoms with van der Waals surface area (Å²) in [6.07, 6.45) is 0. The number of benzene rings is 3. The Morgan fingerprint density at radius 3 is 2.33 bits per heavy atom. The first kappa shape index (κ1) is 19.5. The molecule has 0 unspecified atom stereocenters. The van der Waals surface area contributed by atoms with Crippen molar-refractivity contribution in [1.82, 2.24) is 9.55 Å².